The van der Waals surface area contributed by atoms with Gasteiger partial charge in [-0.25, -0.2) is 24.7 Å². The molecule has 5 heterocycles. The van der Waals surface area contributed by atoms with Crippen LogP contribution in [0, 0.1) is 5.82 Å². The number of carboxylic acids is 1. The number of nitrogens with zero attached hydrogens (tertiary/aromatic N) is 6. The summed E-state index contributed by atoms with van der Waals surface area (Å²) >= 11 is 0. The number of carbonyl (C=O) groups excluding carboxylic acids is 2. The molecule has 1 saturated heterocycles. The van der Waals surface area contributed by atoms with Gasteiger partial charge in [0.15, 0.2) is 5.82 Å². The van der Waals surface area contributed by atoms with Crippen LogP contribution in [0.1, 0.15) is 20.8 Å². The number of Topliss-reactive ketones (excluding diaryl/α,β-unsaturated/α-hetero) is 1. The minimum Gasteiger partial charge on any atom is -0.477 e. The van der Waals surface area contributed by atoms with Crippen LogP contribution in [0.2, 0.25) is 0 Å². The van der Waals surface area contributed by atoms with E-state index in [-0.39, 0.29) is 46.6 Å². The molecular formula is C24H21FN10O4. The van der Waals surface area contributed by atoms with Gasteiger partial charge in [0.05, 0.1) is 28.4 Å². The van der Waals surface area contributed by atoms with E-state index in [0.717, 1.165) is 11.9 Å². The molecule has 6 rings (SSSR count). The van der Waals surface area contributed by atoms with E-state index in [0.29, 0.717) is 19.0 Å². The molecule has 0 atom stereocenters. The van der Waals surface area contributed by atoms with Crippen molar-refractivity contribution in [2.24, 2.45) is 5.10 Å². The number of aromatic amines is 2. The molecule has 1 amide bonds. The molecule has 0 saturated carbocycles. The highest BCUT2D eigenvalue weighted by molar-refractivity contribution is 6.45. The number of carbonyl (C=O) groups is 3. The van der Waals surface area contributed by atoms with Crippen LogP contribution in [0.3, 0.4) is 0 Å². The van der Waals surface area contributed by atoms with E-state index >= 15 is 0 Å². The number of hydrogen-bond donors (Lipinski definition) is 5. The van der Waals surface area contributed by atoms with Gasteiger partial charge in [-0.2, -0.15) is 5.10 Å². The molecule has 0 aliphatic carbocycles. The van der Waals surface area contributed by atoms with Crippen molar-refractivity contribution in [1.82, 2.24) is 41.0 Å². The first-order chi connectivity index (χ1) is 18.9. The van der Waals surface area contributed by atoms with Gasteiger partial charge in [0.2, 0.25) is 5.96 Å². The van der Waals surface area contributed by atoms with Crippen LogP contribution >= 0.6 is 0 Å². The average Bonchev–Trinajstić information content (AvgIpc) is 3.73. The summed E-state index contributed by atoms with van der Waals surface area (Å²) in [7, 11) is 0. The van der Waals surface area contributed by atoms with Crippen LogP contribution in [-0.2, 0) is 4.79 Å². The summed E-state index contributed by atoms with van der Waals surface area (Å²) in [6.07, 6.45) is 2.16. The van der Waals surface area contributed by atoms with Gasteiger partial charge in [-0.15, -0.1) is 10.6 Å². The molecule has 39 heavy (non-hydrogen) atoms. The van der Waals surface area contributed by atoms with Gasteiger partial charge in [0, 0.05) is 38.4 Å². The molecule has 2 aliphatic rings. The lowest BCUT2D eigenvalue weighted by Gasteiger charge is -2.37. The molecule has 15 heteroatoms. The number of hydrazine groups is 2. The third-order valence-corrected chi connectivity index (χ3v) is 6.53. The minimum absolute atomic E-state index is 0.118. The Hall–Kier alpha value is -5.31. The molecule has 14 nitrogen and oxygen atoms in total. The Bertz CT molecular complexity index is 1620. The number of guanidine groups is 1. The fourth-order valence-corrected chi connectivity index (χ4v) is 4.60. The Morgan fingerprint density at radius 1 is 1.05 bits per heavy atom. The summed E-state index contributed by atoms with van der Waals surface area (Å²) in [5.74, 6) is -3.02. The van der Waals surface area contributed by atoms with E-state index in [1.165, 1.54) is 17.2 Å². The van der Waals surface area contributed by atoms with Crippen molar-refractivity contribution in [3.63, 3.8) is 0 Å². The number of pyridine rings is 1. The average molecular weight is 532 g/mol. The zero-order valence-electron chi connectivity index (χ0n) is 20.2. The smallest absolute Gasteiger partial charge is 0.353 e. The summed E-state index contributed by atoms with van der Waals surface area (Å²) in [5, 5.41) is 21.4. The van der Waals surface area contributed by atoms with E-state index in [1.54, 1.807) is 5.01 Å². The number of halogens is 1. The fourth-order valence-electron chi connectivity index (χ4n) is 4.60. The predicted octanol–water partition coefficient (Wildman–Crippen LogP) is 0.918. The summed E-state index contributed by atoms with van der Waals surface area (Å²) in [6, 6.07) is 10.8. The highest BCUT2D eigenvalue weighted by Gasteiger charge is 2.33. The Labute approximate surface area is 219 Å². The number of carboxylic acid groups (broad SMARTS) is 1. The van der Waals surface area contributed by atoms with E-state index in [1.807, 2.05) is 35.2 Å². The highest BCUT2D eigenvalue weighted by atomic mass is 19.1. The third-order valence-electron chi connectivity index (χ3n) is 6.53. The Kier molecular flexibility index (Phi) is 5.88. The van der Waals surface area contributed by atoms with Crippen LogP contribution in [0.15, 0.2) is 53.9 Å². The van der Waals surface area contributed by atoms with Crippen LogP contribution in [0.5, 0.6) is 0 Å². The molecule has 198 valence electrons. The van der Waals surface area contributed by atoms with E-state index in [9.17, 15) is 18.8 Å². The maximum Gasteiger partial charge on any atom is 0.353 e. The number of fused-ring (bicyclic) bond motifs is 1. The van der Waals surface area contributed by atoms with Crippen molar-refractivity contribution >= 4 is 40.2 Å². The zero-order valence-corrected chi connectivity index (χ0v) is 20.2. The second-order valence-electron chi connectivity index (χ2n) is 8.79. The standard InChI is InChI=1S/C24H21FN10O4/c25-15-12-27-19(16-10-17(23(38)39)29-28-16)20-18(15)14(11-26-20)21(36)22(37)33-6-8-34(9-7-33)24-30-31-32-35(24)13-4-2-1-3-5-13/h1-5,10-12,26,31-32H,6-9H2,(H,28,29)(H,38,39). The van der Waals surface area contributed by atoms with Crippen molar-refractivity contribution in [1.29, 1.82) is 0 Å². The molecular weight excluding hydrogens is 511 g/mol. The number of H-pyrrole nitrogens is 2. The van der Waals surface area contributed by atoms with Gasteiger partial charge >= 0.3 is 5.97 Å². The molecule has 0 unspecified atom stereocenters. The van der Waals surface area contributed by atoms with Crippen LogP contribution in [-0.4, -0.2) is 84.9 Å². The lowest BCUT2D eigenvalue weighted by Crippen LogP contribution is -2.56. The van der Waals surface area contributed by atoms with Gasteiger partial charge in [0.25, 0.3) is 11.7 Å². The molecule has 3 aromatic heterocycles. The summed E-state index contributed by atoms with van der Waals surface area (Å²) < 4.78 is 14.9. The first kappa shape index (κ1) is 24.1. The zero-order chi connectivity index (χ0) is 27.1. The molecule has 1 fully saturated rings. The molecule has 0 radical (unpaired) electrons. The maximum atomic E-state index is 14.9. The van der Waals surface area contributed by atoms with Crippen molar-refractivity contribution in [3.05, 3.63) is 65.9 Å². The van der Waals surface area contributed by atoms with Gasteiger partial charge in [-0.3, -0.25) is 14.7 Å². The van der Waals surface area contributed by atoms with Gasteiger partial charge < -0.3 is 19.9 Å². The Morgan fingerprint density at radius 3 is 2.54 bits per heavy atom. The highest BCUT2D eigenvalue weighted by Crippen LogP contribution is 2.30. The van der Waals surface area contributed by atoms with E-state index < -0.39 is 23.5 Å². The number of para-hydroxylation sites is 1. The monoisotopic (exact) mass is 532 g/mol. The minimum atomic E-state index is -1.22. The Morgan fingerprint density at radius 2 is 1.82 bits per heavy atom. The molecule has 5 N–H and O–H groups in total. The van der Waals surface area contributed by atoms with Crippen molar-refractivity contribution in [3.8, 4) is 11.4 Å². The molecule has 2 aliphatic heterocycles. The number of amides is 1. The van der Waals surface area contributed by atoms with Gasteiger partial charge in [-0.1, -0.05) is 18.2 Å². The predicted molar refractivity (Wildman–Crippen MR) is 136 cm³/mol. The maximum absolute atomic E-state index is 14.9. The van der Waals surface area contributed by atoms with Crippen molar-refractivity contribution in [2.45, 2.75) is 0 Å². The van der Waals surface area contributed by atoms with Gasteiger partial charge in [0.1, 0.15) is 17.1 Å². The molecule has 0 spiro atoms. The topological polar surface area (TPSA) is 175 Å². The largest absolute Gasteiger partial charge is 0.477 e. The SMILES string of the molecule is O=C(O)c1cc(-c2ncc(F)c3c(C(=O)C(=O)N4CCN(C5=NNNN5c5ccccc5)CC4)c[nH]c23)n[nH]1. The van der Waals surface area contributed by atoms with Crippen LogP contribution in [0.4, 0.5) is 10.1 Å². The number of hydrazone groups is 1. The fraction of sp³-hybridized carbons (Fsp3) is 0.167. The summed E-state index contributed by atoms with van der Waals surface area (Å²) in [4.78, 5) is 47.8. The summed E-state index contributed by atoms with van der Waals surface area (Å²) in [6.45, 7) is 1.36. The third kappa shape index (κ3) is 4.19. The van der Waals surface area contributed by atoms with E-state index in [2.05, 4.69) is 36.3 Å². The lowest BCUT2D eigenvalue weighted by molar-refractivity contribution is -0.127. The summed E-state index contributed by atoms with van der Waals surface area (Å²) in [5.41, 5.74) is 6.66. The molecule has 0 bridgehead atoms. The molecule has 4 aromatic rings. The lowest BCUT2D eigenvalue weighted by atomic mass is 10.1. The van der Waals surface area contributed by atoms with Crippen molar-refractivity contribution < 1.29 is 23.9 Å². The number of benzene rings is 1. The number of hydrogen-bond acceptors (Lipinski definition) is 10. The first-order valence-electron chi connectivity index (χ1n) is 11.9. The number of aromatic nitrogens is 4. The number of nitrogens with one attached hydrogen (secondary N) is 4. The second kappa shape index (κ2) is 9.53. The number of anilines is 1. The quantitative estimate of drug-likeness (QED) is 0.184. The number of ketones is 1. The van der Waals surface area contributed by atoms with Gasteiger partial charge in [-0.05, 0) is 12.1 Å². The second-order valence-corrected chi connectivity index (χ2v) is 8.79. The van der Waals surface area contributed by atoms with Crippen LogP contribution < -0.4 is 16.1 Å². The van der Waals surface area contributed by atoms with Crippen LogP contribution in [0.25, 0.3) is 22.3 Å². The number of rotatable bonds is 5. The first-order valence-corrected chi connectivity index (χ1v) is 11.9. The number of aromatic carboxylic acids is 1. The van der Waals surface area contributed by atoms with E-state index in [4.69, 9.17) is 5.11 Å². The normalized spacial score (nSPS) is 15.4. The molecule has 1 aromatic carbocycles. The Balaban J connectivity index is 1.19. The van der Waals surface area contributed by atoms with Crippen molar-refractivity contribution in [2.75, 3.05) is 31.2 Å². The number of piperazine rings is 1.